The van der Waals surface area contributed by atoms with Crippen molar-refractivity contribution in [3.63, 3.8) is 0 Å². The van der Waals surface area contributed by atoms with E-state index in [1.165, 1.54) is 4.90 Å². The molecule has 0 bridgehead atoms. The van der Waals surface area contributed by atoms with E-state index in [2.05, 4.69) is 14.8 Å². The summed E-state index contributed by atoms with van der Waals surface area (Å²) in [6.45, 7) is 4.84. The van der Waals surface area contributed by atoms with E-state index in [0.717, 1.165) is 54.2 Å². The molecule has 5 rings (SSSR count). The van der Waals surface area contributed by atoms with Crippen LogP contribution in [0.5, 0.6) is 0 Å². The second-order valence-electron chi connectivity index (χ2n) is 10.3. The Morgan fingerprint density at radius 2 is 1.48 bits per heavy atom. The molecule has 14 heteroatoms. The zero-order chi connectivity index (χ0) is 28.5. The number of halogens is 8. The number of nitrogens with one attached hydrogen (secondary N) is 1. The number of hydrogen-bond donors (Lipinski definition) is 1. The van der Waals surface area contributed by atoms with Gasteiger partial charge in [0.05, 0.1) is 11.1 Å². The molecule has 1 amide bonds. The van der Waals surface area contributed by atoms with Crippen LogP contribution < -0.4 is 0 Å². The van der Waals surface area contributed by atoms with E-state index in [0.29, 0.717) is 31.6 Å². The number of carbonyl (C=O) groups excluding carboxylic acids is 1. The number of nitrogens with zero attached hydrogens (tertiary/aromatic N) is 3. The summed E-state index contributed by atoms with van der Waals surface area (Å²) in [4.78, 5) is 22.9. The predicted octanol–water partition coefficient (Wildman–Crippen LogP) is 6.47. The van der Waals surface area contributed by atoms with Gasteiger partial charge >= 0.3 is 12.4 Å². The van der Waals surface area contributed by atoms with E-state index in [-0.39, 0.29) is 37.4 Å². The van der Waals surface area contributed by atoms with Crippen LogP contribution in [0.1, 0.15) is 27.0 Å². The monoisotopic (exact) mass is 656 g/mol. The average Bonchev–Trinajstić information content (AvgIpc) is 3.34. The number of fused-ring (bicyclic) bond motifs is 1. The van der Waals surface area contributed by atoms with E-state index in [1.807, 2.05) is 42.2 Å². The minimum atomic E-state index is -5.02. The van der Waals surface area contributed by atoms with Gasteiger partial charge in [0, 0.05) is 86.0 Å². The number of hydrogen-bond acceptors (Lipinski definition) is 4. The third-order valence-electron chi connectivity index (χ3n) is 7.63. The van der Waals surface area contributed by atoms with Gasteiger partial charge in [-0.05, 0) is 36.2 Å². The quantitative estimate of drug-likeness (QED) is 0.309. The number of rotatable bonds is 6. The van der Waals surface area contributed by atoms with Gasteiger partial charge in [0.1, 0.15) is 0 Å². The molecule has 1 aromatic heterocycles. The second kappa shape index (κ2) is 14.1. The molecule has 2 aliphatic rings. The fraction of sp³-hybridized carbons (Fsp3) is 0.464. The molecule has 2 aromatic carbocycles. The van der Waals surface area contributed by atoms with Crippen molar-refractivity contribution in [2.75, 3.05) is 57.3 Å². The summed E-state index contributed by atoms with van der Waals surface area (Å²) in [5.74, 6) is 1.35. The normalized spacial score (nSPS) is 18.9. The number of para-hydroxylation sites is 1. The molecule has 42 heavy (non-hydrogen) atoms. The summed E-state index contributed by atoms with van der Waals surface area (Å²) in [6.07, 6.45) is -7.78. The maximum absolute atomic E-state index is 13.6. The van der Waals surface area contributed by atoms with Crippen LogP contribution >= 0.6 is 36.6 Å². The highest BCUT2D eigenvalue weighted by atomic mass is 35.5. The summed E-state index contributed by atoms with van der Waals surface area (Å²) in [7, 11) is 0. The highest BCUT2D eigenvalue weighted by Gasteiger charge is 2.39. The maximum atomic E-state index is 13.6. The van der Waals surface area contributed by atoms with Crippen LogP contribution in [0.3, 0.4) is 0 Å². The molecule has 2 saturated heterocycles. The minimum Gasteiger partial charge on any atom is -0.361 e. The SMILES string of the molecule is Cl.Cl.O=C(c1cc(C(F)(F)F)cc(C(F)(F)F)c1)N1CCN(CCN2CCSCC2)C[C@H]1Cc1c[nH]c2ccccc12. The molecule has 2 fully saturated rings. The van der Waals surface area contributed by atoms with Gasteiger partial charge in [-0.15, -0.1) is 24.8 Å². The first-order valence-corrected chi connectivity index (χ1v) is 14.3. The highest BCUT2D eigenvalue weighted by molar-refractivity contribution is 7.99. The third-order valence-corrected chi connectivity index (χ3v) is 8.57. The number of benzene rings is 2. The van der Waals surface area contributed by atoms with Crippen LogP contribution in [-0.2, 0) is 18.8 Å². The lowest BCUT2D eigenvalue weighted by Crippen LogP contribution is -2.57. The van der Waals surface area contributed by atoms with Gasteiger partial charge in [0.25, 0.3) is 5.91 Å². The molecule has 3 aromatic rings. The summed E-state index contributed by atoms with van der Waals surface area (Å²) in [6, 6.07) is 8.35. The predicted molar refractivity (Wildman–Crippen MR) is 158 cm³/mol. The summed E-state index contributed by atoms with van der Waals surface area (Å²) in [5.41, 5.74) is -1.73. The smallest absolute Gasteiger partial charge is 0.361 e. The number of piperazine rings is 1. The van der Waals surface area contributed by atoms with Crippen molar-refractivity contribution < 1.29 is 31.1 Å². The Morgan fingerprint density at radius 3 is 2.12 bits per heavy atom. The van der Waals surface area contributed by atoms with Crippen molar-refractivity contribution in [3.8, 4) is 0 Å². The lowest BCUT2D eigenvalue weighted by Gasteiger charge is -2.42. The highest BCUT2D eigenvalue weighted by Crippen LogP contribution is 2.37. The molecule has 3 heterocycles. The Bertz CT molecular complexity index is 1310. The fourth-order valence-electron chi connectivity index (χ4n) is 5.47. The Kier molecular flexibility index (Phi) is 11.5. The van der Waals surface area contributed by atoms with Gasteiger partial charge in [-0.3, -0.25) is 9.69 Å². The maximum Gasteiger partial charge on any atom is 0.416 e. The van der Waals surface area contributed by atoms with Crippen LogP contribution in [0, 0.1) is 0 Å². The van der Waals surface area contributed by atoms with Gasteiger partial charge in [0.2, 0.25) is 0 Å². The summed E-state index contributed by atoms with van der Waals surface area (Å²) in [5, 5.41) is 0.969. The van der Waals surface area contributed by atoms with Gasteiger partial charge < -0.3 is 14.8 Å². The van der Waals surface area contributed by atoms with Crippen molar-refractivity contribution >= 4 is 53.4 Å². The number of thioether (sulfide) groups is 1. The molecule has 5 nitrogen and oxygen atoms in total. The number of H-pyrrole nitrogens is 1. The average molecular weight is 658 g/mol. The molecule has 0 unspecified atom stereocenters. The number of aromatic amines is 1. The molecule has 0 spiro atoms. The van der Waals surface area contributed by atoms with E-state index in [1.54, 1.807) is 0 Å². The Hall–Kier alpha value is -2.12. The topological polar surface area (TPSA) is 42.6 Å². The zero-order valence-corrected chi connectivity index (χ0v) is 25.0. The standard InChI is InChI=1S/C28H30F6N4OS.2ClH/c29-27(30,31)21-13-19(14-22(16-21)28(32,33)34)26(39)38-8-7-37(6-5-36-9-11-40-12-10-36)18-23(38)15-20-17-35-25-4-2-1-3-24(20)25;;/h1-4,13-14,16-17,23,35H,5-12,15,18H2;2*1H/t23-;;/m1../s1. The first-order chi connectivity index (χ1) is 19.0. The van der Waals surface area contributed by atoms with Crippen molar-refractivity contribution in [1.29, 1.82) is 0 Å². The molecular weight excluding hydrogens is 625 g/mol. The van der Waals surface area contributed by atoms with Gasteiger partial charge in [-0.1, -0.05) is 18.2 Å². The fourth-order valence-corrected chi connectivity index (χ4v) is 6.45. The van der Waals surface area contributed by atoms with Crippen molar-refractivity contribution in [2.24, 2.45) is 0 Å². The van der Waals surface area contributed by atoms with Crippen molar-refractivity contribution in [1.82, 2.24) is 19.7 Å². The molecule has 0 radical (unpaired) electrons. The zero-order valence-electron chi connectivity index (χ0n) is 22.5. The molecule has 1 atom stereocenters. The van der Waals surface area contributed by atoms with Crippen LogP contribution in [0.2, 0.25) is 0 Å². The third kappa shape index (κ3) is 8.07. The van der Waals surface area contributed by atoms with Crippen LogP contribution in [0.4, 0.5) is 26.3 Å². The lowest BCUT2D eigenvalue weighted by atomic mass is 9.98. The molecule has 1 N–H and O–H groups in total. The van der Waals surface area contributed by atoms with E-state index >= 15 is 0 Å². The second-order valence-corrected chi connectivity index (χ2v) is 11.5. The number of amides is 1. The Balaban J connectivity index is 0.00000242. The molecule has 232 valence electrons. The van der Waals surface area contributed by atoms with Gasteiger partial charge in [0.15, 0.2) is 0 Å². The van der Waals surface area contributed by atoms with Crippen molar-refractivity contribution in [2.45, 2.75) is 24.8 Å². The minimum absolute atomic E-state index is 0. The summed E-state index contributed by atoms with van der Waals surface area (Å²) >= 11 is 1.93. The lowest BCUT2D eigenvalue weighted by molar-refractivity contribution is -0.143. The molecular formula is C28H32Cl2F6N4OS. The number of carbonyl (C=O) groups is 1. The largest absolute Gasteiger partial charge is 0.416 e. The van der Waals surface area contributed by atoms with Crippen LogP contribution in [0.25, 0.3) is 10.9 Å². The van der Waals surface area contributed by atoms with E-state index in [9.17, 15) is 31.1 Å². The Labute approximate surface area is 256 Å². The van der Waals surface area contributed by atoms with Crippen LogP contribution in [-0.4, -0.2) is 89.0 Å². The molecule has 2 aliphatic heterocycles. The van der Waals surface area contributed by atoms with Gasteiger partial charge in [-0.2, -0.15) is 38.1 Å². The van der Waals surface area contributed by atoms with Gasteiger partial charge in [-0.25, -0.2) is 0 Å². The first-order valence-electron chi connectivity index (χ1n) is 13.2. The van der Waals surface area contributed by atoms with E-state index < -0.39 is 41.0 Å². The molecule has 0 saturated carbocycles. The first kappa shape index (κ1) is 34.4. The summed E-state index contributed by atoms with van der Waals surface area (Å²) < 4.78 is 81.0. The molecule has 0 aliphatic carbocycles. The van der Waals surface area contributed by atoms with E-state index in [4.69, 9.17) is 0 Å². The number of alkyl halides is 6. The number of aromatic nitrogens is 1. The van der Waals surface area contributed by atoms with Crippen molar-refractivity contribution in [3.05, 3.63) is 70.9 Å². The Morgan fingerprint density at radius 1 is 0.857 bits per heavy atom. The van der Waals surface area contributed by atoms with Crippen LogP contribution in [0.15, 0.2) is 48.7 Å².